The number of methoxy groups -OCH3 is 1. The summed E-state index contributed by atoms with van der Waals surface area (Å²) in [6, 6.07) is 4.41. The fourth-order valence-electron chi connectivity index (χ4n) is 2.11. The van der Waals surface area contributed by atoms with Crippen LogP contribution in [0.2, 0.25) is 0 Å². The largest absolute Gasteiger partial charge is 0.494 e. The fraction of sp³-hybridized carbons (Fsp3) is 0.562. The second-order valence-corrected chi connectivity index (χ2v) is 4.96. The van der Waals surface area contributed by atoms with Crippen LogP contribution < -0.4 is 4.74 Å². The summed E-state index contributed by atoms with van der Waals surface area (Å²) in [4.78, 5) is 12.2. The number of unbranched alkanes of at least 4 members (excludes halogenated alkanes) is 3. The van der Waals surface area contributed by atoms with Crippen LogP contribution in [0.3, 0.4) is 0 Å². The molecule has 1 aromatic rings. The standard InChI is InChI=1S/C16H23FO2/c1-4-5-6-7-8-12(2)16(18)13-9-10-15(19-3)14(17)11-13/h9-12H,4-8H2,1-3H3. The van der Waals surface area contributed by atoms with E-state index in [0.717, 1.165) is 19.3 Å². The van der Waals surface area contributed by atoms with Crippen LogP contribution in [0.15, 0.2) is 18.2 Å². The van der Waals surface area contributed by atoms with Gasteiger partial charge in [0.25, 0.3) is 0 Å². The first kappa shape index (κ1) is 15.7. The van der Waals surface area contributed by atoms with Crippen molar-refractivity contribution in [1.82, 2.24) is 0 Å². The van der Waals surface area contributed by atoms with Crippen LogP contribution in [0.25, 0.3) is 0 Å². The van der Waals surface area contributed by atoms with Crippen molar-refractivity contribution in [3.63, 3.8) is 0 Å². The molecule has 3 heteroatoms. The molecule has 0 aliphatic carbocycles. The van der Waals surface area contributed by atoms with Crippen molar-refractivity contribution in [2.45, 2.75) is 46.0 Å². The third-order valence-corrected chi connectivity index (χ3v) is 3.37. The van der Waals surface area contributed by atoms with Gasteiger partial charge in [-0.2, -0.15) is 0 Å². The van der Waals surface area contributed by atoms with Crippen LogP contribution in [0.5, 0.6) is 5.75 Å². The first-order valence-corrected chi connectivity index (χ1v) is 6.97. The molecule has 1 rings (SSSR count). The predicted molar refractivity (Wildman–Crippen MR) is 75.2 cm³/mol. The molecule has 0 radical (unpaired) electrons. The van der Waals surface area contributed by atoms with Crippen molar-refractivity contribution >= 4 is 5.78 Å². The average molecular weight is 266 g/mol. The number of rotatable bonds is 8. The average Bonchev–Trinajstić information content (AvgIpc) is 2.42. The number of halogens is 1. The maximum atomic E-state index is 13.5. The van der Waals surface area contributed by atoms with Crippen molar-refractivity contribution in [1.29, 1.82) is 0 Å². The van der Waals surface area contributed by atoms with E-state index < -0.39 is 5.82 Å². The summed E-state index contributed by atoms with van der Waals surface area (Å²) >= 11 is 0. The zero-order chi connectivity index (χ0) is 14.3. The molecular weight excluding hydrogens is 243 g/mol. The molecule has 2 nitrogen and oxygen atoms in total. The van der Waals surface area contributed by atoms with E-state index in [1.807, 2.05) is 6.92 Å². The Morgan fingerprint density at radius 2 is 2.05 bits per heavy atom. The summed E-state index contributed by atoms with van der Waals surface area (Å²) in [7, 11) is 1.41. The maximum Gasteiger partial charge on any atom is 0.165 e. The highest BCUT2D eigenvalue weighted by Crippen LogP contribution is 2.21. The molecule has 0 amide bonds. The highest BCUT2D eigenvalue weighted by Gasteiger charge is 2.16. The van der Waals surface area contributed by atoms with E-state index in [-0.39, 0.29) is 17.5 Å². The number of hydrogen-bond donors (Lipinski definition) is 0. The van der Waals surface area contributed by atoms with Crippen molar-refractivity contribution in [3.8, 4) is 5.75 Å². The van der Waals surface area contributed by atoms with Gasteiger partial charge in [0.15, 0.2) is 17.3 Å². The maximum absolute atomic E-state index is 13.5. The van der Waals surface area contributed by atoms with Crippen molar-refractivity contribution in [2.75, 3.05) is 7.11 Å². The molecule has 1 atom stereocenters. The van der Waals surface area contributed by atoms with Crippen molar-refractivity contribution < 1.29 is 13.9 Å². The first-order chi connectivity index (χ1) is 9.10. The zero-order valence-corrected chi connectivity index (χ0v) is 12.0. The molecule has 19 heavy (non-hydrogen) atoms. The van der Waals surface area contributed by atoms with Crippen LogP contribution in [-0.2, 0) is 0 Å². The number of carbonyl (C=O) groups is 1. The summed E-state index contributed by atoms with van der Waals surface area (Å²) in [6.45, 7) is 4.07. The van der Waals surface area contributed by atoms with Crippen LogP contribution in [0, 0.1) is 11.7 Å². The van der Waals surface area contributed by atoms with Gasteiger partial charge in [0, 0.05) is 11.5 Å². The highest BCUT2D eigenvalue weighted by molar-refractivity contribution is 5.97. The van der Waals surface area contributed by atoms with E-state index in [2.05, 4.69) is 6.92 Å². The summed E-state index contributed by atoms with van der Waals surface area (Å²) in [5, 5.41) is 0. The Kier molecular flexibility index (Phi) is 6.54. The number of Topliss-reactive ketones (excluding diaryl/α,β-unsaturated/α-hetero) is 1. The van der Waals surface area contributed by atoms with Crippen molar-refractivity contribution in [3.05, 3.63) is 29.6 Å². The highest BCUT2D eigenvalue weighted by atomic mass is 19.1. The number of hydrogen-bond acceptors (Lipinski definition) is 2. The Hall–Kier alpha value is -1.38. The molecular formula is C16H23FO2. The van der Waals surface area contributed by atoms with Gasteiger partial charge in [0.05, 0.1) is 7.11 Å². The summed E-state index contributed by atoms with van der Waals surface area (Å²) in [5.41, 5.74) is 0.432. The van der Waals surface area contributed by atoms with E-state index in [9.17, 15) is 9.18 Å². The van der Waals surface area contributed by atoms with Crippen molar-refractivity contribution in [2.24, 2.45) is 5.92 Å². The van der Waals surface area contributed by atoms with Gasteiger partial charge in [0.2, 0.25) is 0 Å². The van der Waals surface area contributed by atoms with Gasteiger partial charge in [-0.15, -0.1) is 0 Å². The SMILES string of the molecule is CCCCCCC(C)C(=O)c1ccc(OC)c(F)c1. The second-order valence-electron chi connectivity index (χ2n) is 4.96. The molecule has 0 aromatic heterocycles. The molecule has 0 spiro atoms. The molecule has 0 fully saturated rings. The molecule has 0 N–H and O–H groups in total. The Morgan fingerprint density at radius 1 is 1.32 bits per heavy atom. The third-order valence-electron chi connectivity index (χ3n) is 3.37. The van der Waals surface area contributed by atoms with Gasteiger partial charge >= 0.3 is 0 Å². The Balaban J connectivity index is 2.59. The quantitative estimate of drug-likeness (QED) is 0.507. The lowest BCUT2D eigenvalue weighted by Crippen LogP contribution is -2.11. The molecule has 0 saturated heterocycles. The molecule has 0 aliphatic heterocycles. The van der Waals surface area contributed by atoms with E-state index in [4.69, 9.17) is 4.74 Å². The lowest BCUT2D eigenvalue weighted by Gasteiger charge is -2.11. The van der Waals surface area contributed by atoms with E-state index in [0.29, 0.717) is 5.56 Å². The normalized spacial score (nSPS) is 12.2. The Morgan fingerprint density at radius 3 is 2.63 bits per heavy atom. The van der Waals surface area contributed by atoms with Gasteiger partial charge in [-0.3, -0.25) is 4.79 Å². The van der Waals surface area contributed by atoms with E-state index in [1.54, 1.807) is 6.07 Å². The topological polar surface area (TPSA) is 26.3 Å². The lowest BCUT2D eigenvalue weighted by atomic mass is 9.94. The number of ketones is 1. The minimum Gasteiger partial charge on any atom is -0.494 e. The molecule has 0 aliphatic rings. The molecule has 0 saturated carbocycles. The van der Waals surface area contributed by atoms with Crippen LogP contribution in [-0.4, -0.2) is 12.9 Å². The number of benzene rings is 1. The molecule has 0 heterocycles. The predicted octanol–water partition coefficient (Wildman–Crippen LogP) is 4.62. The second kappa shape index (κ2) is 7.93. The van der Waals surface area contributed by atoms with Gasteiger partial charge in [-0.1, -0.05) is 39.5 Å². The zero-order valence-electron chi connectivity index (χ0n) is 12.0. The minimum atomic E-state index is -0.480. The van der Waals surface area contributed by atoms with Gasteiger partial charge in [-0.05, 0) is 24.6 Å². The van der Waals surface area contributed by atoms with Crippen LogP contribution in [0.4, 0.5) is 4.39 Å². The fourth-order valence-corrected chi connectivity index (χ4v) is 2.11. The lowest BCUT2D eigenvalue weighted by molar-refractivity contribution is 0.0921. The molecule has 106 valence electrons. The van der Waals surface area contributed by atoms with E-state index in [1.165, 1.54) is 32.1 Å². The van der Waals surface area contributed by atoms with Crippen LogP contribution in [0.1, 0.15) is 56.3 Å². The smallest absolute Gasteiger partial charge is 0.165 e. The molecule has 1 unspecified atom stereocenters. The summed E-state index contributed by atoms with van der Waals surface area (Å²) < 4.78 is 18.4. The molecule has 1 aromatic carbocycles. The first-order valence-electron chi connectivity index (χ1n) is 6.97. The molecule has 0 bridgehead atoms. The Labute approximate surface area is 115 Å². The Bertz CT molecular complexity index is 415. The summed E-state index contributed by atoms with van der Waals surface area (Å²) in [5.74, 6) is -0.346. The van der Waals surface area contributed by atoms with Gasteiger partial charge < -0.3 is 4.74 Å². The number of carbonyl (C=O) groups excluding carboxylic acids is 1. The monoisotopic (exact) mass is 266 g/mol. The minimum absolute atomic E-state index is 0.0121. The third kappa shape index (κ3) is 4.66. The van der Waals surface area contributed by atoms with E-state index >= 15 is 0 Å². The van der Waals surface area contributed by atoms with Gasteiger partial charge in [0.1, 0.15) is 0 Å². The number of ether oxygens (including phenoxy) is 1. The van der Waals surface area contributed by atoms with Crippen LogP contribution >= 0.6 is 0 Å². The summed E-state index contributed by atoms with van der Waals surface area (Å²) in [6.07, 6.45) is 5.47. The van der Waals surface area contributed by atoms with Gasteiger partial charge in [-0.25, -0.2) is 4.39 Å².